The van der Waals surface area contributed by atoms with Gasteiger partial charge in [-0.2, -0.15) is 10.2 Å². The zero-order chi connectivity index (χ0) is 18.5. The van der Waals surface area contributed by atoms with Gasteiger partial charge in [0, 0.05) is 22.2 Å². The Morgan fingerprint density at radius 1 is 1.30 bits per heavy atom. The van der Waals surface area contributed by atoms with Gasteiger partial charge in [-0.1, -0.05) is 0 Å². The van der Waals surface area contributed by atoms with Crippen LogP contribution in [-0.2, 0) is 17.9 Å². The number of aryl methyl sites for hydroxylation is 1. The van der Waals surface area contributed by atoms with Crippen molar-refractivity contribution in [1.82, 2.24) is 29.9 Å². The summed E-state index contributed by atoms with van der Waals surface area (Å²) in [7, 11) is 0. The van der Waals surface area contributed by atoms with Crippen LogP contribution in [0.3, 0.4) is 0 Å². The van der Waals surface area contributed by atoms with Crippen molar-refractivity contribution in [2.75, 3.05) is 0 Å². The van der Waals surface area contributed by atoms with Gasteiger partial charge in [0.15, 0.2) is 5.65 Å². The van der Waals surface area contributed by atoms with E-state index in [0.717, 1.165) is 27.9 Å². The van der Waals surface area contributed by atoms with Crippen molar-refractivity contribution in [3.63, 3.8) is 0 Å². The molecule has 0 radical (unpaired) electrons. The number of H-pyrrole nitrogens is 1. The molecule has 1 unspecified atom stereocenters. The summed E-state index contributed by atoms with van der Waals surface area (Å²) in [5.41, 5.74) is 5.77. The van der Waals surface area contributed by atoms with Gasteiger partial charge in [0.2, 0.25) is 0 Å². The van der Waals surface area contributed by atoms with Crippen molar-refractivity contribution < 1.29 is 9.13 Å². The molecule has 1 aliphatic rings. The van der Waals surface area contributed by atoms with Gasteiger partial charge in [-0.15, -0.1) is 0 Å². The lowest BCUT2D eigenvalue weighted by Crippen LogP contribution is -2.25. The van der Waals surface area contributed by atoms with Gasteiger partial charge in [-0.05, 0) is 32.0 Å². The summed E-state index contributed by atoms with van der Waals surface area (Å²) < 4.78 is 21.2. The number of nitrogens with zero attached hydrogens (tertiary/aromatic N) is 5. The zero-order valence-electron chi connectivity index (χ0n) is 14.9. The SMILES string of the molecule is Cc1cc(-c2c(-c3ccc(F)cn3)nn3c2COC(C)C3)c2cn[nH]c2n1. The second-order valence-corrected chi connectivity index (χ2v) is 6.78. The molecule has 5 rings (SSSR count). The average molecular weight is 364 g/mol. The summed E-state index contributed by atoms with van der Waals surface area (Å²) in [6, 6.07) is 5.06. The first-order valence-corrected chi connectivity index (χ1v) is 8.74. The molecule has 0 saturated carbocycles. The van der Waals surface area contributed by atoms with E-state index in [1.807, 2.05) is 24.6 Å². The predicted octanol–water partition coefficient (Wildman–Crippen LogP) is 3.25. The fourth-order valence-electron chi connectivity index (χ4n) is 3.55. The molecule has 8 heteroatoms. The van der Waals surface area contributed by atoms with E-state index in [-0.39, 0.29) is 11.9 Å². The number of ether oxygens (including phenoxy) is 1. The van der Waals surface area contributed by atoms with E-state index >= 15 is 0 Å². The predicted molar refractivity (Wildman–Crippen MR) is 97.3 cm³/mol. The van der Waals surface area contributed by atoms with Gasteiger partial charge < -0.3 is 4.74 Å². The van der Waals surface area contributed by atoms with E-state index in [9.17, 15) is 4.39 Å². The molecule has 0 fully saturated rings. The topological polar surface area (TPSA) is 81.5 Å². The molecule has 0 aromatic carbocycles. The van der Waals surface area contributed by atoms with Crippen LogP contribution in [0.5, 0.6) is 0 Å². The number of hydrogen-bond donors (Lipinski definition) is 1. The van der Waals surface area contributed by atoms with E-state index in [1.54, 1.807) is 12.3 Å². The number of aromatic amines is 1. The molecule has 5 heterocycles. The van der Waals surface area contributed by atoms with E-state index < -0.39 is 0 Å². The zero-order valence-corrected chi connectivity index (χ0v) is 14.9. The summed E-state index contributed by atoms with van der Waals surface area (Å²) >= 11 is 0. The molecule has 4 aromatic rings. The van der Waals surface area contributed by atoms with Crippen LogP contribution >= 0.6 is 0 Å². The summed E-state index contributed by atoms with van der Waals surface area (Å²) in [5, 5.41) is 12.8. The van der Waals surface area contributed by atoms with Crippen molar-refractivity contribution in [3.8, 4) is 22.5 Å². The Labute approximate surface area is 154 Å². The van der Waals surface area contributed by atoms with E-state index in [0.29, 0.717) is 30.2 Å². The Morgan fingerprint density at radius 2 is 2.19 bits per heavy atom. The number of aromatic nitrogens is 6. The molecule has 7 nitrogen and oxygen atoms in total. The number of hydrogen-bond acceptors (Lipinski definition) is 5. The van der Waals surface area contributed by atoms with Crippen molar-refractivity contribution in [3.05, 3.63) is 47.8 Å². The number of rotatable bonds is 2. The van der Waals surface area contributed by atoms with Gasteiger partial charge in [0.25, 0.3) is 0 Å². The maximum atomic E-state index is 13.4. The van der Waals surface area contributed by atoms with Crippen molar-refractivity contribution in [2.45, 2.75) is 33.1 Å². The summed E-state index contributed by atoms with van der Waals surface area (Å²) in [6.07, 6.45) is 3.05. The highest BCUT2D eigenvalue weighted by Crippen LogP contribution is 2.39. The van der Waals surface area contributed by atoms with Gasteiger partial charge in [0.05, 0.1) is 43.0 Å². The maximum Gasteiger partial charge on any atom is 0.155 e. The highest BCUT2D eigenvalue weighted by molar-refractivity contribution is 5.97. The standard InChI is InChI=1S/C19H17FN6O/c1-10-5-13(14-7-22-24-19(14)23-10)17-16-9-27-11(2)8-26(16)25-18(17)15-4-3-12(20)6-21-15/h3-7,11H,8-9H2,1-2H3,(H,22,23,24). The van der Waals surface area contributed by atoms with Crippen LogP contribution in [0.4, 0.5) is 4.39 Å². The maximum absolute atomic E-state index is 13.4. The largest absolute Gasteiger partial charge is 0.370 e. The van der Waals surface area contributed by atoms with Crippen LogP contribution in [0.15, 0.2) is 30.6 Å². The van der Waals surface area contributed by atoms with Crippen molar-refractivity contribution in [2.24, 2.45) is 0 Å². The number of pyridine rings is 2. The van der Waals surface area contributed by atoms with E-state index in [2.05, 4.69) is 20.2 Å². The van der Waals surface area contributed by atoms with Crippen LogP contribution < -0.4 is 0 Å². The van der Waals surface area contributed by atoms with Crippen molar-refractivity contribution in [1.29, 1.82) is 0 Å². The van der Waals surface area contributed by atoms with Gasteiger partial charge in [-0.25, -0.2) is 9.37 Å². The Bertz CT molecular complexity index is 1150. The molecule has 1 atom stereocenters. The molecule has 27 heavy (non-hydrogen) atoms. The molecule has 0 amide bonds. The monoisotopic (exact) mass is 364 g/mol. The normalized spacial score (nSPS) is 16.6. The number of halogens is 1. The summed E-state index contributed by atoms with van der Waals surface area (Å²) in [4.78, 5) is 8.76. The minimum absolute atomic E-state index is 0.0763. The Morgan fingerprint density at radius 3 is 3.00 bits per heavy atom. The van der Waals surface area contributed by atoms with Crippen LogP contribution in [0.2, 0.25) is 0 Å². The molecule has 0 spiro atoms. The molecule has 0 saturated heterocycles. The molecule has 1 aliphatic heterocycles. The van der Waals surface area contributed by atoms with Gasteiger partial charge in [-0.3, -0.25) is 14.8 Å². The minimum atomic E-state index is -0.377. The quantitative estimate of drug-likeness (QED) is 0.590. The summed E-state index contributed by atoms with van der Waals surface area (Å²) in [6.45, 7) is 5.06. The molecule has 136 valence electrons. The second-order valence-electron chi connectivity index (χ2n) is 6.78. The lowest BCUT2D eigenvalue weighted by atomic mass is 9.98. The molecular weight excluding hydrogens is 347 g/mol. The van der Waals surface area contributed by atoms with Crippen LogP contribution in [0.1, 0.15) is 18.3 Å². The first kappa shape index (κ1) is 16.1. The fourth-order valence-corrected chi connectivity index (χ4v) is 3.55. The van der Waals surface area contributed by atoms with Crippen LogP contribution in [0.25, 0.3) is 33.5 Å². The Balaban J connectivity index is 1.82. The smallest absolute Gasteiger partial charge is 0.155 e. The first-order chi connectivity index (χ1) is 13.1. The molecule has 4 aromatic heterocycles. The van der Waals surface area contributed by atoms with Gasteiger partial charge in [0.1, 0.15) is 11.5 Å². The van der Waals surface area contributed by atoms with E-state index in [4.69, 9.17) is 9.84 Å². The third-order valence-electron chi connectivity index (χ3n) is 4.78. The minimum Gasteiger partial charge on any atom is -0.370 e. The first-order valence-electron chi connectivity index (χ1n) is 8.74. The van der Waals surface area contributed by atoms with Crippen LogP contribution in [-0.4, -0.2) is 36.0 Å². The van der Waals surface area contributed by atoms with Gasteiger partial charge >= 0.3 is 0 Å². The lowest BCUT2D eigenvalue weighted by molar-refractivity contribution is 0.0128. The molecule has 0 aliphatic carbocycles. The third-order valence-corrected chi connectivity index (χ3v) is 4.78. The third kappa shape index (κ3) is 2.60. The molecule has 0 bridgehead atoms. The highest BCUT2D eigenvalue weighted by atomic mass is 19.1. The number of fused-ring (bicyclic) bond motifs is 2. The average Bonchev–Trinajstić information content (AvgIpc) is 3.25. The molecule has 1 N–H and O–H groups in total. The molecular formula is C19H17FN6O. The number of nitrogens with one attached hydrogen (secondary N) is 1. The second kappa shape index (κ2) is 5.95. The van der Waals surface area contributed by atoms with Crippen LogP contribution in [0, 0.1) is 12.7 Å². The highest BCUT2D eigenvalue weighted by Gasteiger charge is 2.27. The summed E-state index contributed by atoms with van der Waals surface area (Å²) in [5.74, 6) is -0.377. The Kier molecular flexibility index (Phi) is 3.54. The fraction of sp³-hybridized carbons (Fsp3) is 0.263. The van der Waals surface area contributed by atoms with E-state index in [1.165, 1.54) is 12.3 Å². The van der Waals surface area contributed by atoms with Crippen molar-refractivity contribution >= 4 is 11.0 Å². The Hall–Kier alpha value is -3.13. The lowest BCUT2D eigenvalue weighted by Gasteiger charge is -2.21.